The molecule has 2 aromatic carbocycles. The molecule has 0 saturated carbocycles. The Morgan fingerprint density at radius 3 is 2.56 bits per heavy atom. The van der Waals surface area contributed by atoms with Gasteiger partial charge in [0.15, 0.2) is 0 Å². The number of rotatable bonds is 6. The van der Waals surface area contributed by atoms with Gasteiger partial charge in [-0.1, -0.05) is 35.9 Å². The molecule has 0 radical (unpaired) electrons. The summed E-state index contributed by atoms with van der Waals surface area (Å²) in [6, 6.07) is 14.8. The van der Waals surface area contributed by atoms with Crippen LogP contribution in [0.5, 0.6) is 0 Å². The van der Waals surface area contributed by atoms with E-state index in [9.17, 15) is 24.5 Å². The van der Waals surface area contributed by atoms with Crippen molar-refractivity contribution in [2.75, 3.05) is 4.90 Å². The van der Waals surface area contributed by atoms with E-state index in [2.05, 4.69) is 0 Å². The standard InChI is InChI=1S/C22H16ClN3O5S/c23-17-9-8-14(11-18(17)26(30)31)21(28)24(13-16-7-4-10-32-16)19-12-20(27)25(22(19)29)15-5-2-1-3-6-15/h1-11,19H,12-13H2. The van der Waals surface area contributed by atoms with Crippen LogP contribution in [0.4, 0.5) is 11.4 Å². The SMILES string of the molecule is O=C1CC(N(Cc2cccs2)C(=O)c2ccc(Cl)c([N+](=O)[O-])c2)C(=O)N1c1ccccc1. The van der Waals surface area contributed by atoms with Gasteiger partial charge >= 0.3 is 0 Å². The predicted molar refractivity (Wildman–Crippen MR) is 120 cm³/mol. The van der Waals surface area contributed by atoms with Gasteiger partial charge in [0.2, 0.25) is 5.91 Å². The number of para-hydroxylation sites is 1. The maximum Gasteiger partial charge on any atom is 0.288 e. The molecule has 1 aromatic heterocycles. The highest BCUT2D eigenvalue weighted by atomic mass is 35.5. The van der Waals surface area contributed by atoms with E-state index in [1.807, 2.05) is 17.5 Å². The van der Waals surface area contributed by atoms with Crippen LogP contribution in [0.15, 0.2) is 66.0 Å². The van der Waals surface area contributed by atoms with Crippen molar-refractivity contribution < 1.29 is 19.3 Å². The minimum atomic E-state index is -1.04. The van der Waals surface area contributed by atoms with Crippen LogP contribution < -0.4 is 4.90 Å². The van der Waals surface area contributed by atoms with Gasteiger partial charge < -0.3 is 4.90 Å². The number of hydrogen-bond acceptors (Lipinski definition) is 6. The molecule has 1 saturated heterocycles. The Morgan fingerprint density at radius 2 is 1.91 bits per heavy atom. The van der Waals surface area contributed by atoms with Crippen LogP contribution in [0.3, 0.4) is 0 Å². The molecule has 0 aliphatic carbocycles. The number of halogens is 1. The summed E-state index contributed by atoms with van der Waals surface area (Å²) >= 11 is 7.28. The van der Waals surface area contributed by atoms with Crippen molar-refractivity contribution in [1.82, 2.24) is 4.90 Å². The average Bonchev–Trinajstić information content (AvgIpc) is 3.39. The van der Waals surface area contributed by atoms with E-state index < -0.39 is 34.4 Å². The average molecular weight is 470 g/mol. The summed E-state index contributed by atoms with van der Waals surface area (Å²) < 4.78 is 0. The maximum absolute atomic E-state index is 13.4. The maximum atomic E-state index is 13.4. The molecular weight excluding hydrogens is 454 g/mol. The number of carbonyl (C=O) groups is 3. The number of benzene rings is 2. The second-order valence-corrected chi connectivity index (χ2v) is 8.50. The van der Waals surface area contributed by atoms with Crippen LogP contribution >= 0.6 is 22.9 Å². The van der Waals surface area contributed by atoms with Crippen LogP contribution in [-0.4, -0.2) is 33.6 Å². The van der Waals surface area contributed by atoms with Gasteiger partial charge in [-0.05, 0) is 35.7 Å². The molecule has 0 bridgehead atoms. The molecule has 32 heavy (non-hydrogen) atoms. The third-order valence-corrected chi connectivity index (χ3v) is 6.25. The molecule has 1 unspecified atom stereocenters. The fraction of sp³-hybridized carbons (Fsp3) is 0.136. The van der Waals surface area contributed by atoms with Crippen molar-refractivity contribution >= 4 is 52.0 Å². The molecule has 162 valence electrons. The Bertz CT molecular complexity index is 1200. The number of amides is 3. The highest BCUT2D eigenvalue weighted by Gasteiger charge is 2.44. The minimum absolute atomic E-state index is 0.0102. The normalized spacial score (nSPS) is 15.8. The number of imide groups is 1. The minimum Gasteiger partial charge on any atom is -0.321 e. The molecule has 1 aliphatic heterocycles. The quantitative estimate of drug-likeness (QED) is 0.304. The number of carbonyl (C=O) groups excluding carboxylic acids is 3. The molecular formula is C22H16ClN3O5S. The molecule has 1 atom stereocenters. The largest absolute Gasteiger partial charge is 0.321 e. The topological polar surface area (TPSA) is 101 Å². The molecule has 3 aromatic rings. The summed E-state index contributed by atoms with van der Waals surface area (Å²) in [7, 11) is 0. The summed E-state index contributed by atoms with van der Waals surface area (Å²) in [4.78, 5) is 53.1. The number of anilines is 1. The van der Waals surface area contributed by atoms with E-state index in [0.29, 0.717) is 5.69 Å². The zero-order valence-electron chi connectivity index (χ0n) is 16.5. The molecule has 2 heterocycles. The van der Waals surface area contributed by atoms with Crippen LogP contribution in [0, 0.1) is 10.1 Å². The highest BCUT2D eigenvalue weighted by Crippen LogP contribution is 2.30. The summed E-state index contributed by atoms with van der Waals surface area (Å²) in [5, 5.41) is 13.0. The van der Waals surface area contributed by atoms with Crippen LogP contribution in [0.1, 0.15) is 21.7 Å². The third kappa shape index (κ3) is 4.12. The zero-order chi connectivity index (χ0) is 22.8. The first-order valence-corrected chi connectivity index (χ1v) is 10.8. The first-order valence-electron chi connectivity index (χ1n) is 9.56. The Morgan fingerprint density at radius 1 is 1.16 bits per heavy atom. The first-order chi connectivity index (χ1) is 15.4. The summed E-state index contributed by atoms with van der Waals surface area (Å²) in [5.74, 6) is -1.54. The summed E-state index contributed by atoms with van der Waals surface area (Å²) in [6.45, 7) is 0.0826. The lowest BCUT2D eigenvalue weighted by Crippen LogP contribution is -2.45. The van der Waals surface area contributed by atoms with Gasteiger partial charge in [-0.15, -0.1) is 11.3 Å². The third-order valence-electron chi connectivity index (χ3n) is 5.07. The molecule has 1 aliphatic rings. The molecule has 0 N–H and O–H groups in total. The first kappa shape index (κ1) is 21.7. The summed E-state index contributed by atoms with van der Waals surface area (Å²) in [5.41, 5.74) is 0.0278. The molecule has 1 fully saturated rings. The van der Waals surface area contributed by atoms with Gasteiger partial charge in [0, 0.05) is 16.5 Å². The lowest BCUT2D eigenvalue weighted by atomic mass is 10.1. The van der Waals surface area contributed by atoms with Crippen molar-refractivity contribution in [3.63, 3.8) is 0 Å². The van der Waals surface area contributed by atoms with Crippen molar-refractivity contribution in [2.45, 2.75) is 19.0 Å². The van der Waals surface area contributed by atoms with Crippen LogP contribution in [-0.2, 0) is 16.1 Å². The van der Waals surface area contributed by atoms with E-state index in [1.54, 1.807) is 30.3 Å². The molecule has 3 amide bonds. The zero-order valence-corrected chi connectivity index (χ0v) is 18.1. The van der Waals surface area contributed by atoms with Gasteiger partial charge in [0.05, 0.1) is 23.6 Å². The van der Waals surface area contributed by atoms with Gasteiger partial charge in [0.25, 0.3) is 17.5 Å². The fourth-order valence-corrected chi connectivity index (χ4v) is 4.44. The van der Waals surface area contributed by atoms with Gasteiger partial charge in [0.1, 0.15) is 11.1 Å². The number of nitro groups is 1. The molecule has 10 heteroatoms. The Kier molecular flexibility index (Phi) is 6.02. The molecule has 0 spiro atoms. The highest BCUT2D eigenvalue weighted by molar-refractivity contribution is 7.09. The predicted octanol–water partition coefficient (Wildman–Crippen LogP) is 4.28. The van der Waals surface area contributed by atoms with Gasteiger partial charge in [-0.2, -0.15) is 0 Å². The van der Waals surface area contributed by atoms with E-state index in [1.165, 1.54) is 28.4 Å². The lowest BCUT2D eigenvalue weighted by Gasteiger charge is -2.27. The number of hydrogen-bond donors (Lipinski definition) is 0. The Labute approximate surface area is 191 Å². The smallest absolute Gasteiger partial charge is 0.288 e. The van der Waals surface area contributed by atoms with Gasteiger partial charge in [-0.3, -0.25) is 24.5 Å². The van der Waals surface area contributed by atoms with E-state index in [4.69, 9.17) is 11.6 Å². The van der Waals surface area contributed by atoms with Crippen molar-refractivity contribution in [1.29, 1.82) is 0 Å². The lowest BCUT2D eigenvalue weighted by molar-refractivity contribution is -0.384. The molecule has 8 nitrogen and oxygen atoms in total. The second-order valence-electron chi connectivity index (χ2n) is 7.06. The Hall–Kier alpha value is -3.56. The van der Waals surface area contributed by atoms with Crippen LogP contribution in [0.25, 0.3) is 0 Å². The number of thiophene rings is 1. The van der Waals surface area contributed by atoms with Crippen molar-refractivity contribution in [3.8, 4) is 0 Å². The van der Waals surface area contributed by atoms with Gasteiger partial charge in [-0.25, -0.2) is 4.90 Å². The number of nitro benzene ring substituents is 1. The van der Waals surface area contributed by atoms with Crippen molar-refractivity contribution in [2.24, 2.45) is 0 Å². The van der Waals surface area contributed by atoms with E-state index in [-0.39, 0.29) is 23.6 Å². The number of nitrogens with zero attached hydrogens (tertiary/aromatic N) is 3. The fourth-order valence-electron chi connectivity index (χ4n) is 3.55. The van der Waals surface area contributed by atoms with Crippen molar-refractivity contribution in [3.05, 3.63) is 91.6 Å². The second kappa shape index (κ2) is 8.89. The van der Waals surface area contributed by atoms with Crippen LogP contribution in [0.2, 0.25) is 5.02 Å². The Balaban J connectivity index is 1.71. The summed E-state index contributed by atoms with van der Waals surface area (Å²) in [6.07, 6.45) is -0.180. The monoisotopic (exact) mass is 469 g/mol. The van der Waals surface area contributed by atoms with E-state index >= 15 is 0 Å². The molecule has 4 rings (SSSR count). The van der Waals surface area contributed by atoms with E-state index in [0.717, 1.165) is 15.8 Å².